The highest BCUT2D eigenvalue weighted by Crippen LogP contribution is 2.19. The largest absolute Gasteiger partial charge is 0.348 e. The minimum Gasteiger partial charge on any atom is -0.348 e. The van der Waals surface area contributed by atoms with E-state index >= 15 is 0 Å². The highest BCUT2D eigenvalue weighted by Gasteiger charge is 2.23. The van der Waals surface area contributed by atoms with E-state index in [2.05, 4.69) is 10.6 Å². The molecule has 27 heavy (non-hydrogen) atoms. The van der Waals surface area contributed by atoms with Gasteiger partial charge in [0.25, 0.3) is 5.91 Å². The lowest BCUT2D eigenvalue weighted by Gasteiger charge is -2.13. The number of hydrogen-bond donors (Lipinski definition) is 2. The Bertz CT molecular complexity index is 974. The van der Waals surface area contributed by atoms with Crippen molar-refractivity contribution in [1.82, 2.24) is 9.62 Å². The molecule has 2 N–H and O–H groups in total. The molecule has 7 nitrogen and oxygen atoms in total. The molecule has 0 bridgehead atoms. The van der Waals surface area contributed by atoms with E-state index in [1.54, 1.807) is 24.3 Å². The summed E-state index contributed by atoms with van der Waals surface area (Å²) < 4.78 is 39.1. The second-order valence-corrected chi connectivity index (χ2v) is 8.12. The Morgan fingerprint density at radius 1 is 1.11 bits per heavy atom. The molecule has 0 aliphatic heterocycles. The highest BCUT2D eigenvalue weighted by molar-refractivity contribution is 7.89. The predicted octanol–water partition coefficient (Wildman–Crippen LogP) is 1.96. The van der Waals surface area contributed by atoms with Gasteiger partial charge in [-0.3, -0.25) is 9.59 Å². The third-order valence-electron chi connectivity index (χ3n) is 3.65. The number of hydrogen-bond acceptors (Lipinski definition) is 4. The summed E-state index contributed by atoms with van der Waals surface area (Å²) in [6.07, 6.45) is 0. The first-order valence-electron chi connectivity index (χ1n) is 7.98. The average molecular weight is 393 g/mol. The van der Waals surface area contributed by atoms with E-state index in [1.165, 1.54) is 27.1 Å². The Morgan fingerprint density at radius 3 is 2.44 bits per heavy atom. The van der Waals surface area contributed by atoms with Gasteiger partial charge in [0.1, 0.15) is 10.7 Å². The van der Waals surface area contributed by atoms with Crippen LogP contribution in [-0.2, 0) is 21.4 Å². The monoisotopic (exact) mass is 393 g/mol. The molecule has 0 radical (unpaired) electrons. The van der Waals surface area contributed by atoms with E-state index in [0.29, 0.717) is 5.69 Å². The number of sulfonamides is 1. The van der Waals surface area contributed by atoms with E-state index in [9.17, 15) is 22.4 Å². The molecule has 0 aliphatic rings. The molecule has 0 saturated carbocycles. The zero-order valence-corrected chi connectivity index (χ0v) is 15.9. The summed E-state index contributed by atoms with van der Waals surface area (Å²) in [5.74, 6) is -1.68. The van der Waals surface area contributed by atoms with Crippen molar-refractivity contribution >= 4 is 27.5 Å². The standard InChI is InChI=1S/C18H20FN3O4S/c1-12(23)21-15-6-4-5-13(9-15)11-20-18(24)14-7-8-16(19)17(10-14)27(25,26)22(2)3/h4-10H,11H2,1-3H3,(H,20,24)(H,21,23). The van der Waals surface area contributed by atoms with Gasteiger partial charge in [0.15, 0.2) is 0 Å². The first-order chi connectivity index (χ1) is 12.6. The second kappa shape index (κ2) is 8.28. The molecule has 9 heteroatoms. The van der Waals surface area contributed by atoms with E-state index < -0.39 is 26.6 Å². The number of carbonyl (C=O) groups is 2. The van der Waals surface area contributed by atoms with Crippen LogP contribution < -0.4 is 10.6 Å². The maximum atomic E-state index is 13.9. The van der Waals surface area contributed by atoms with E-state index in [-0.39, 0.29) is 18.0 Å². The van der Waals surface area contributed by atoms with Crippen molar-refractivity contribution in [3.05, 3.63) is 59.4 Å². The van der Waals surface area contributed by atoms with Gasteiger partial charge in [-0.1, -0.05) is 12.1 Å². The van der Waals surface area contributed by atoms with Gasteiger partial charge in [0.05, 0.1) is 0 Å². The SMILES string of the molecule is CC(=O)Nc1cccc(CNC(=O)c2ccc(F)c(S(=O)(=O)N(C)C)c2)c1. The van der Waals surface area contributed by atoms with Crippen LogP contribution in [0.4, 0.5) is 10.1 Å². The van der Waals surface area contributed by atoms with Gasteiger partial charge in [0.2, 0.25) is 15.9 Å². The van der Waals surface area contributed by atoms with Crippen molar-refractivity contribution in [2.24, 2.45) is 0 Å². The number of rotatable bonds is 6. The van der Waals surface area contributed by atoms with Crippen molar-refractivity contribution in [3.8, 4) is 0 Å². The van der Waals surface area contributed by atoms with Crippen LogP contribution in [0.2, 0.25) is 0 Å². The molecular weight excluding hydrogens is 373 g/mol. The van der Waals surface area contributed by atoms with Crippen molar-refractivity contribution in [1.29, 1.82) is 0 Å². The molecule has 0 unspecified atom stereocenters. The summed E-state index contributed by atoms with van der Waals surface area (Å²) in [5.41, 5.74) is 1.35. The van der Waals surface area contributed by atoms with Crippen LogP contribution in [0, 0.1) is 5.82 Å². The third-order valence-corrected chi connectivity index (χ3v) is 5.48. The van der Waals surface area contributed by atoms with E-state index in [4.69, 9.17) is 0 Å². The summed E-state index contributed by atoms with van der Waals surface area (Å²) >= 11 is 0. The third kappa shape index (κ3) is 5.11. The fourth-order valence-corrected chi connectivity index (χ4v) is 3.27. The quantitative estimate of drug-likeness (QED) is 0.784. The molecule has 0 spiro atoms. The smallest absolute Gasteiger partial charge is 0.251 e. The first kappa shape index (κ1) is 20.5. The molecule has 144 valence electrons. The van der Waals surface area contributed by atoms with Gasteiger partial charge in [-0.25, -0.2) is 17.1 Å². The van der Waals surface area contributed by atoms with Crippen molar-refractivity contribution in [2.75, 3.05) is 19.4 Å². The van der Waals surface area contributed by atoms with Gasteiger partial charge in [0, 0.05) is 38.8 Å². The summed E-state index contributed by atoms with van der Waals surface area (Å²) in [6, 6.07) is 10.1. The normalized spacial score (nSPS) is 11.3. The maximum absolute atomic E-state index is 13.9. The Kier molecular flexibility index (Phi) is 6.29. The number of benzene rings is 2. The van der Waals surface area contributed by atoms with Crippen LogP contribution in [0.3, 0.4) is 0 Å². The average Bonchev–Trinajstić information content (AvgIpc) is 2.59. The lowest BCUT2D eigenvalue weighted by molar-refractivity contribution is -0.114. The van der Waals surface area contributed by atoms with Crippen molar-refractivity contribution < 1.29 is 22.4 Å². The number of anilines is 1. The Morgan fingerprint density at radius 2 is 1.81 bits per heavy atom. The summed E-state index contributed by atoms with van der Waals surface area (Å²) in [7, 11) is -1.45. The van der Waals surface area contributed by atoms with Gasteiger partial charge in [-0.05, 0) is 35.9 Å². The molecule has 0 fully saturated rings. The van der Waals surface area contributed by atoms with Crippen LogP contribution in [0.1, 0.15) is 22.8 Å². The molecule has 0 aliphatic carbocycles. The number of nitrogens with zero attached hydrogens (tertiary/aromatic N) is 1. The molecule has 0 atom stereocenters. The Labute approximate surface area is 157 Å². The number of nitrogens with one attached hydrogen (secondary N) is 2. The van der Waals surface area contributed by atoms with Crippen LogP contribution in [0.5, 0.6) is 0 Å². The molecular formula is C18H20FN3O4S. The van der Waals surface area contributed by atoms with Gasteiger partial charge in [-0.2, -0.15) is 0 Å². The molecule has 2 aromatic rings. The summed E-state index contributed by atoms with van der Waals surface area (Å²) in [5, 5.41) is 5.28. The number of halogens is 1. The van der Waals surface area contributed by atoms with Crippen molar-refractivity contribution in [2.45, 2.75) is 18.4 Å². The Balaban J connectivity index is 2.16. The van der Waals surface area contributed by atoms with E-state index in [1.807, 2.05) is 0 Å². The molecule has 0 aromatic heterocycles. The first-order valence-corrected chi connectivity index (χ1v) is 9.42. The lowest BCUT2D eigenvalue weighted by Crippen LogP contribution is -2.26. The zero-order chi connectivity index (χ0) is 20.2. The molecule has 2 aromatic carbocycles. The molecule has 0 saturated heterocycles. The van der Waals surface area contributed by atoms with Crippen molar-refractivity contribution in [3.63, 3.8) is 0 Å². The Hall–Kier alpha value is -2.78. The van der Waals surface area contributed by atoms with E-state index in [0.717, 1.165) is 22.0 Å². The second-order valence-electron chi connectivity index (χ2n) is 6.00. The zero-order valence-electron chi connectivity index (χ0n) is 15.1. The fraction of sp³-hybridized carbons (Fsp3) is 0.222. The minimum atomic E-state index is -4.01. The summed E-state index contributed by atoms with van der Waals surface area (Å²) in [4.78, 5) is 22.9. The summed E-state index contributed by atoms with van der Waals surface area (Å²) in [6.45, 7) is 1.54. The molecule has 2 rings (SSSR count). The van der Waals surface area contributed by atoms with Crippen LogP contribution in [0.25, 0.3) is 0 Å². The molecule has 2 amide bonds. The number of amides is 2. The number of carbonyl (C=O) groups excluding carboxylic acids is 2. The van der Waals surface area contributed by atoms with Crippen LogP contribution in [0.15, 0.2) is 47.4 Å². The fourth-order valence-electron chi connectivity index (χ4n) is 2.29. The highest BCUT2D eigenvalue weighted by atomic mass is 32.2. The predicted molar refractivity (Wildman–Crippen MR) is 99.2 cm³/mol. The van der Waals surface area contributed by atoms with Gasteiger partial charge in [-0.15, -0.1) is 0 Å². The maximum Gasteiger partial charge on any atom is 0.251 e. The van der Waals surface area contributed by atoms with Gasteiger partial charge >= 0.3 is 0 Å². The van der Waals surface area contributed by atoms with Crippen LogP contribution in [-0.4, -0.2) is 38.6 Å². The topological polar surface area (TPSA) is 95.6 Å². The molecule has 0 heterocycles. The lowest BCUT2D eigenvalue weighted by atomic mass is 10.1. The van der Waals surface area contributed by atoms with Gasteiger partial charge < -0.3 is 10.6 Å². The minimum absolute atomic E-state index is 0.0230. The van der Waals surface area contributed by atoms with Crippen LogP contribution >= 0.6 is 0 Å².